The summed E-state index contributed by atoms with van der Waals surface area (Å²) in [7, 11) is 0. The number of carbonyl (C=O) groups is 3. The van der Waals surface area contributed by atoms with Gasteiger partial charge in [-0.25, -0.2) is 14.8 Å². The van der Waals surface area contributed by atoms with E-state index >= 15 is 0 Å². The quantitative estimate of drug-likeness (QED) is 0.408. The molecule has 10 heteroatoms. The van der Waals surface area contributed by atoms with Crippen molar-refractivity contribution in [1.29, 1.82) is 0 Å². The van der Waals surface area contributed by atoms with Gasteiger partial charge in [-0.15, -0.1) is 11.3 Å². The van der Waals surface area contributed by atoms with Gasteiger partial charge in [0.15, 0.2) is 0 Å². The summed E-state index contributed by atoms with van der Waals surface area (Å²) in [6.45, 7) is 9.65. The smallest absolute Gasteiger partial charge is 0.413 e. The molecule has 9 nitrogen and oxygen atoms in total. The normalized spacial score (nSPS) is 17.6. The molecular weight excluding hydrogens is 502 g/mol. The van der Waals surface area contributed by atoms with Crippen molar-refractivity contribution in [1.82, 2.24) is 14.9 Å². The number of hydrogen-bond acceptors (Lipinski definition) is 7. The monoisotopic (exact) mass is 535 g/mol. The van der Waals surface area contributed by atoms with Gasteiger partial charge in [-0.1, -0.05) is 31.2 Å². The summed E-state index contributed by atoms with van der Waals surface area (Å²) in [5.74, 6) is -0.703. The molecule has 1 aromatic carbocycles. The van der Waals surface area contributed by atoms with Crippen molar-refractivity contribution in [2.24, 2.45) is 5.92 Å². The number of likely N-dealkylation sites (tertiary alicyclic amines) is 1. The minimum atomic E-state index is -0.724. The molecule has 3 heterocycles. The highest BCUT2D eigenvalue weighted by Crippen LogP contribution is 2.35. The second-order valence-electron chi connectivity index (χ2n) is 10.6. The second-order valence-corrected chi connectivity index (χ2v) is 11.5. The van der Waals surface area contributed by atoms with Crippen molar-refractivity contribution < 1.29 is 19.1 Å². The molecule has 3 aromatic rings. The number of aromatic nitrogens is 2. The van der Waals surface area contributed by atoms with Gasteiger partial charge in [0.25, 0.3) is 0 Å². The van der Waals surface area contributed by atoms with E-state index in [4.69, 9.17) is 4.74 Å². The number of amides is 3. The fourth-order valence-corrected chi connectivity index (χ4v) is 5.07. The maximum absolute atomic E-state index is 13.3. The third kappa shape index (κ3) is 6.74. The van der Waals surface area contributed by atoms with E-state index in [1.54, 1.807) is 56.2 Å². The molecule has 1 saturated heterocycles. The van der Waals surface area contributed by atoms with E-state index in [0.717, 1.165) is 29.0 Å². The fraction of sp³-hybridized carbons (Fsp3) is 0.393. The van der Waals surface area contributed by atoms with Gasteiger partial charge in [0.2, 0.25) is 0 Å². The van der Waals surface area contributed by atoms with Crippen LogP contribution in [0.4, 0.5) is 16.3 Å². The van der Waals surface area contributed by atoms with Crippen LogP contribution in [0.2, 0.25) is 0 Å². The van der Waals surface area contributed by atoms with Crippen LogP contribution in [-0.2, 0) is 14.3 Å². The van der Waals surface area contributed by atoms with Crippen LogP contribution in [0.25, 0.3) is 10.6 Å². The Morgan fingerprint density at radius 1 is 1.08 bits per heavy atom. The van der Waals surface area contributed by atoms with Crippen molar-refractivity contribution >= 4 is 40.7 Å². The number of nitrogens with one attached hydrogen (secondary N) is 2. The lowest BCUT2D eigenvalue weighted by molar-refractivity contribution is -0.146. The Morgan fingerprint density at radius 2 is 1.82 bits per heavy atom. The zero-order valence-electron chi connectivity index (χ0n) is 22.3. The molecule has 200 valence electrons. The molecule has 0 unspecified atom stereocenters. The number of rotatable bonds is 4. The van der Waals surface area contributed by atoms with Crippen molar-refractivity contribution in [2.45, 2.75) is 59.1 Å². The van der Waals surface area contributed by atoms with Crippen LogP contribution in [0.5, 0.6) is 0 Å². The number of ether oxygens (including phenoxy) is 1. The number of aryl methyl sites for hydroxylation is 1. The predicted molar refractivity (Wildman–Crippen MR) is 148 cm³/mol. The number of hydrogen-bond donors (Lipinski definition) is 2. The molecule has 1 fully saturated rings. The molecule has 2 N–H and O–H groups in total. The first-order chi connectivity index (χ1) is 18.0. The molecule has 4 rings (SSSR count). The Hall–Kier alpha value is -3.79. The van der Waals surface area contributed by atoms with Crippen LogP contribution in [-0.4, -0.2) is 44.9 Å². The first kappa shape index (κ1) is 27.3. The summed E-state index contributed by atoms with van der Waals surface area (Å²) in [6, 6.07) is 9.51. The van der Waals surface area contributed by atoms with Crippen LogP contribution in [0.1, 0.15) is 57.7 Å². The van der Waals surface area contributed by atoms with Gasteiger partial charge >= 0.3 is 17.9 Å². The van der Waals surface area contributed by atoms with Crippen molar-refractivity contribution in [2.75, 3.05) is 17.2 Å². The topological polar surface area (TPSA) is 114 Å². The summed E-state index contributed by atoms with van der Waals surface area (Å²) in [5, 5.41) is 8.15. The number of thiazole rings is 1. The Bertz CT molecular complexity index is 1300. The number of piperidine rings is 1. The molecule has 2 atom stereocenters. The lowest BCUT2D eigenvalue weighted by Crippen LogP contribution is -2.46. The molecule has 38 heavy (non-hydrogen) atoms. The number of carbonyl (C=O) groups excluding carboxylic acids is 3. The van der Waals surface area contributed by atoms with Gasteiger partial charge in [-0.05, 0) is 63.6 Å². The Labute approximate surface area is 226 Å². The molecule has 3 amide bonds. The van der Waals surface area contributed by atoms with Gasteiger partial charge in [0, 0.05) is 23.7 Å². The van der Waals surface area contributed by atoms with E-state index < -0.39 is 23.5 Å². The Morgan fingerprint density at radius 3 is 2.45 bits per heavy atom. The highest BCUT2D eigenvalue weighted by atomic mass is 32.1. The molecule has 1 aliphatic heterocycles. The van der Waals surface area contributed by atoms with E-state index in [1.165, 1.54) is 6.20 Å². The zero-order valence-corrected chi connectivity index (χ0v) is 23.1. The Balaban J connectivity index is 1.44. The van der Waals surface area contributed by atoms with Gasteiger partial charge in [0.1, 0.15) is 16.4 Å². The standard InChI is InChI=1S/C28H33N5O4S/c1-17-6-11-22(19-7-9-20(10-8-19)25-29-12-13-38-25)33(16-17)26(35)24(34)31-21-14-18(2)23(30-15-21)32-27(36)37-28(3,4)5/h7-10,12-15,17,22H,6,11,16H2,1-5H3,(H,31,34)(H,30,32,36)/t17-,22+/m1/s1. The maximum atomic E-state index is 13.3. The van der Waals surface area contributed by atoms with Gasteiger partial charge in [0.05, 0.1) is 17.9 Å². The lowest BCUT2D eigenvalue weighted by atomic mass is 9.89. The average Bonchev–Trinajstić information content (AvgIpc) is 3.39. The van der Waals surface area contributed by atoms with Gasteiger partial charge in [-0.2, -0.15) is 0 Å². The van der Waals surface area contributed by atoms with Crippen LogP contribution >= 0.6 is 11.3 Å². The Kier molecular flexibility index (Phi) is 8.11. The third-order valence-electron chi connectivity index (χ3n) is 6.20. The highest BCUT2D eigenvalue weighted by molar-refractivity contribution is 7.13. The van der Waals surface area contributed by atoms with Crippen molar-refractivity contribution in [3.63, 3.8) is 0 Å². The van der Waals surface area contributed by atoms with Crippen molar-refractivity contribution in [3.05, 3.63) is 59.2 Å². The molecule has 2 aromatic heterocycles. The summed E-state index contributed by atoms with van der Waals surface area (Å²) >= 11 is 1.57. The molecule has 0 spiro atoms. The molecule has 0 bridgehead atoms. The lowest BCUT2D eigenvalue weighted by Gasteiger charge is -2.38. The molecule has 0 aliphatic carbocycles. The zero-order chi connectivity index (χ0) is 27.4. The predicted octanol–water partition coefficient (Wildman–Crippen LogP) is 5.80. The van der Waals surface area contributed by atoms with E-state index in [2.05, 4.69) is 27.5 Å². The first-order valence-corrected chi connectivity index (χ1v) is 13.5. The summed E-state index contributed by atoms with van der Waals surface area (Å²) in [6.07, 6.45) is 4.31. The number of nitrogens with zero attached hydrogens (tertiary/aromatic N) is 3. The summed E-state index contributed by atoms with van der Waals surface area (Å²) in [4.78, 5) is 48.6. The maximum Gasteiger partial charge on any atom is 0.413 e. The summed E-state index contributed by atoms with van der Waals surface area (Å²) < 4.78 is 5.26. The fourth-order valence-electron chi connectivity index (χ4n) is 4.43. The van der Waals surface area contributed by atoms with Crippen LogP contribution in [0, 0.1) is 12.8 Å². The number of benzene rings is 1. The third-order valence-corrected chi connectivity index (χ3v) is 7.02. The first-order valence-electron chi connectivity index (χ1n) is 12.6. The molecule has 1 aliphatic rings. The second kappa shape index (κ2) is 11.3. The van der Waals surface area contributed by atoms with Crippen molar-refractivity contribution in [3.8, 4) is 10.6 Å². The summed E-state index contributed by atoms with van der Waals surface area (Å²) in [5.41, 5.74) is 2.36. The van der Waals surface area contributed by atoms with Gasteiger partial charge < -0.3 is 15.0 Å². The van der Waals surface area contributed by atoms with E-state index in [9.17, 15) is 14.4 Å². The molecule has 0 saturated carbocycles. The number of pyridine rings is 1. The SMILES string of the molecule is Cc1cc(NC(=O)C(=O)N2C[C@H](C)CC[C@H]2c2ccc(-c3nccs3)cc2)cnc1NC(=O)OC(C)(C)C. The average molecular weight is 536 g/mol. The molecule has 0 radical (unpaired) electrons. The van der Waals surface area contributed by atoms with E-state index in [0.29, 0.717) is 29.5 Å². The van der Waals surface area contributed by atoms with E-state index in [1.807, 2.05) is 29.6 Å². The minimum Gasteiger partial charge on any atom is -0.444 e. The highest BCUT2D eigenvalue weighted by Gasteiger charge is 2.34. The number of anilines is 2. The van der Waals surface area contributed by atoms with Crippen LogP contribution in [0.15, 0.2) is 48.1 Å². The largest absolute Gasteiger partial charge is 0.444 e. The van der Waals surface area contributed by atoms with Crippen LogP contribution in [0.3, 0.4) is 0 Å². The van der Waals surface area contributed by atoms with Gasteiger partial charge in [-0.3, -0.25) is 14.9 Å². The van der Waals surface area contributed by atoms with Crippen LogP contribution < -0.4 is 10.6 Å². The molecular formula is C28H33N5O4S. The van der Waals surface area contributed by atoms with E-state index in [-0.39, 0.29) is 6.04 Å². The minimum absolute atomic E-state index is 0.185.